The Morgan fingerprint density at radius 2 is 2.10 bits per heavy atom. The summed E-state index contributed by atoms with van der Waals surface area (Å²) in [5.74, 6) is -2.04. The van der Waals surface area contributed by atoms with Crippen LogP contribution in [0.25, 0.3) is 0 Å². The van der Waals surface area contributed by atoms with E-state index < -0.39 is 66.0 Å². The van der Waals surface area contributed by atoms with Crippen LogP contribution in [0.5, 0.6) is 0 Å². The van der Waals surface area contributed by atoms with Gasteiger partial charge < -0.3 is 34.9 Å². The summed E-state index contributed by atoms with van der Waals surface area (Å²) in [6.07, 6.45) is -4.70. The van der Waals surface area contributed by atoms with Gasteiger partial charge in [-0.05, 0) is 6.07 Å². The number of nitro groups is 1. The molecule has 0 unspecified atom stereocenters. The van der Waals surface area contributed by atoms with Gasteiger partial charge in [0.2, 0.25) is 0 Å². The molecule has 0 amide bonds. The van der Waals surface area contributed by atoms with E-state index in [0.29, 0.717) is 0 Å². The molecular formula is C15H16N4O10. The Balaban J connectivity index is 1.80. The molecule has 1 fully saturated rings. The molecule has 1 saturated heterocycles. The van der Waals surface area contributed by atoms with Crippen LogP contribution in [0.4, 0.5) is 11.7 Å². The van der Waals surface area contributed by atoms with E-state index in [4.69, 9.17) is 24.7 Å². The van der Waals surface area contributed by atoms with Crippen LogP contribution in [0, 0.1) is 10.1 Å². The van der Waals surface area contributed by atoms with Crippen molar-refractivity contribution in [1.29, 1.82) is 0 Å². The highest BCUT2D eigenvalue weighted by atomic mass is 16.7. The zero-order valence-corrected chi connectivity index (χ0v) is 14.6. The maximum atomic E-state index is 12.3. The SMILES string of the molecule is Nc1nc(=O)n([C@@H]2O[C@H](CO)[C@@H](O)[C@@H]2O)cc1C(=O)OCc1ccc([N+](=O)[O-])o1. The molecule has 0 radical (unpaired) electrons. The standard InChI is InChI=1S/C15H16N4O10/c16-12-7(14(23)27-5-6-1-2-9(28-6)19(25)26)3-18(15(24)17-12)13-11(22)10(21)8(4-20)29-13/h1-3,8,10-11,13,20-22H,4-5H2,(H2,16,17,24)/t8-,10-,11+,13-/m1/s1. The minimum atomic E-state index is -1.58. The fourth-order valence-electron chi connectivity index (χ4n) is 2.69. The third-order valence-corrected chi connectivity index (χ3v) is 4.17. The summed E-state index contributed by atoms with van der Waals surface area (Å²) in [5, 5.41) is 39.6. The Hall–Kier alpha value is -3.33. The molecule has 29 heavy (non-hydrogen) atoms. The van der Waals surface area contributed by atoms with E-state index in [9.17, 15) is 29.9 Å². The number of hydrogen-bond donors (Lipinski definition) is 4. The summed E-state index contributed by atoms with van der Waals surface area (Å²) in [7, 11) is 0. The number of furan rings is 1. The number of nitrogens with two attached hydrogens (primary N) is 1. The number of carbonyl (C=O) groups excluding carboxylic acids is 1. The maximum absolute atomic E-state index is 12.3. The second-order valence-corrected chi connectivity index (χ2v) is 6.03. The molecule has 156 valence electrons. The molecule has 2 aromatic heterocycles. The molecular weight excluding hydrogens is 396 g/mol. The predicted octanol–water partition coefficient (Wildman–Crippen LogP) is -1.70. The van der Waals surface area contributed by atoms with Crippen molar-refractivity contribution in [1.82, 2.24) is 9.55 Å². The molecule has 5 N–H and O–H groups in total. The molecule has 3 heterocycles. The number of anilines is 1. The maximum Gasteiger partial charge on any atom is 0.433 e. The van der Waals surface area contributed by atoms with Gasteiger partial charge in [0.05, 0.1) is 12.7 Å². The first-order chi connectivity index (χ1) is 13.7. The Kier molecular flexibility index (Phi) is 5.60. The highest BCUT2D eigenvalue weighted by Gasteiger charge is 2.44. The number of aliphatic hydroxyl groups excluding tert-OH is 3. The van der Waals surface area contributed by atoms with Gasteiger partial charge in [-0.2, -0.15) is 4.98 Å². The minimum Gasteiger partial charge on any atom is -0.454 e. The average molecular weight is 412 g/mol. The normalized spacial score (nSPS) is 23.8. The molecule has 0 spiro atoms. The first-order valence-electron chi connectivity index (χ1n) is 8.14. The summed E-state index contributed by atoms with van der Waals surface area (Å²) >= 11 is 0. The fraction of sp³-hybridized carbons (Fsp3) is 0.400. The number of esters is 1. The van der Waals surface area contributed by atoms with E-state index in [1.807, 2.05) is 0 Å². The number of nitrogens with zero attached hydrogens (tertiary/aromatic N) is 3. The van der Waals surface area contributed by atoms with Crippen molar-refractivity contribution in [3.8, 4) is 0 Å². The first-order valence-corrected chi connectivity index (χ1v) is 8.14. The van der Waals surface area contributed by atoms with Crippen molar-refractivity contribution in [2.45, 2.75) is 31.1 Å². The Morgan fingerprint density at radius 1 is 1.38 bits per heavy atom. The molecule has 1 aliphatic heterocycles. The third-order valence-electron chi connectivity index (χ3n) is 4.17. The third kappa shape index (κ3) is 3.95. The fourth-order valence-corrected chi connectivity index (χ4v) is 2.69. The van der Waals surface area contributed by atoms with Crippen LogP contribution < -0.4 is 11.4 Å². The van der Waals surface area contributed by atoms with E-state index in [1.165, 1.54) is 6.07 Å². The highest BCUT2D eigenvalue weighted by molar-refractivity contribution is 5.93. The second kappa shape index (κ2) is 7.96. The molecule has 0 saturated carbocycles. The molecule has 14 heteroatoms. The van der Waals surface area contributed by atoms with Crippen molar-refractivity contribution in [3.05, 3.63) is 50.3 Å². The zero-order chi connectivity index (χ0) is 21.3. The van der Waals surface area contributed by atoms with Gasteiger partial charge in [0, 0.05) is 6.20 Å². The van der Waals surface area contributed by atoms with Crippen molar-refractivity contribution >= 4 is 17.7 Å². The number of aromatic nitrogens is 2. The number of carbonyl (C=O) groups is 1. The monoisotopic (exact) mass is 412 g/mol. The lowest BCUT2D eigenvalue weighted by molar-refractivity contribution is -0.402. The smallest absolute Gasteiger partial charge is 0.433 e. The van der Waals surface area contributed by atoms with Gasteiger partial charge in [0.1, 0.15) is 47.0 Å². The van der Waals surface area contributed by atoms with E-state index in [-0.39, 0.29) is 11.3 Å². The molecule has 1 aliphatic rings. The van der Waals surface area contributed by atoms with Crippen molar-refractivity contribution in [3.63, 3.8) is 0 Å². The lowest BCUT2D eigenvalue weighted by Crippen LogP contribution is -2.36. The topological polar surface area (TPSA) is 213 Å². The summed E-state index contributed by atoms with van der Waals surface area (Å²) in [6, 6.07) is 2.33. The quantitative estimate of drug-likeness (QED) is 0.237. The zero-order valence-electron chi connectivity index (χ0n) is 14.6. The van der Waals surface area contributed by atoms with Gasteiger partial charge in [0.25, 0.3) is 0 Å². The summed E-state index contributed by atoms with van der Waals surface area (Å²) in [5.41, 5.74) is 4.25. The van der Waals surface area contributed by atoms with Crippen LogP contribution in [0.3, 0.4) is 0 Å². The lowest BCUT2D eigenvalue weighted by atomic mass is 10.1. The highest BCUT2D eigenvalue weighted by Crippen LogP contribution is 2.28. The predicted molar refractivity (Wildman–Crippen MR) is 90.4 cm³/mol. The molecule has 14 nitrogen and oxygen atoms in total. The molecule has 0 aromatic carbocycles. The van der Waals surface area contributed by atoms with E-state index in [0.717, 1.165) is 16.8 Å². The summed E-state index contributed by atoms with van der Waals surface area (Å²) in [6.45, 7) is -1.07. The Morgan fingerprint density at radius 3 is 2.69 bits per heavy atom. The van der Waals surface area contributed by atoms with Gasteiger partial charge in [0.15, 0.2) is 6.23 Å². The van der Waals surface area contributed by atoms with E-state index in [1.54, 1.807) is 0 Å². The van der Waals surface area contributed by atoms with Gasteiger partial charge in [-0.15, -0.1) is 0 Å². The van der Waals surface area contributed by atoms with Crippen LogP contribution in [-0.4, -0.2) is 60.7 Å². The molecule has 3 rings (SSSR count). The molecule has 0 aliphatic carbocycles. The number of hydrogen-bond acceptors (Lipinski definition) is 12. The van der Waals surface area contributed by atoms with Crippen LogP contribution in [0.15, 0.2) is 27.5 Å². The van der Waals surface area contributed by atoms with Gasteiger partial charge in [-0.25, -0.2) is 9.59 Å². The van der Waals surface area contributed by atoms with Crippen LogP contribution >= 0.6 is 0 Å². The van der Waals surface area contributed by atoms with Gasteiger partial charge in [-0.1, -0.05) is 0 Å². The largest absolute Gasteiger partial charge is 0.454 e. The minimum absolute atomic E-state index is 0.00615. The number of nitrogen functional groups attached to an aromatic ring is 1. The Bertz CT molecular complexity index is 986. The van der Waals surface area contributed by atoms with Crippen LogP contribution in [0.1, 0.15) is 22.3 Å². The molecule has 0 bridgehead atoms. The first kappa shape index (κ1) is 20.4. The molecule has 4 atom stereocenters. The van der Waals surface area contributed by atoms with Crippen LogP contribution in [0.2, 0.25) is 0 Å². The second-order valence-electron chi connectivity index (χ2n) is 6.03. The molecule has 2 aromatic rings. The number of rotatable bonds is 6. The van der Waals surface area contributed by atoms with E-state index >= 15 is 0 Å². The number of ether oxygens (including phenoxy) is 2. The Labute approximate surface area is 160 Å². The van der Waals surface area contributed by atoms with Gasteiger partial charge in [-0.3, -0.25) is 14.7 Å². The summed E-state index contributed by atoms with van der Waals surface area (Å²) in [4.78, 5) is 37.7. The van der Waals surface area contributed by atoms with Crippen molar-refractivity contribution in [2.75, 3.05) is 12.3 Å². The van der Waals surface area contributed by atoms with E-state index in [2.05, 4.69) is 4.98 Å². The average Bonchev–Trinajstić information content (AvgIpc) is 3.26. The van der Waals surface area contributed by atoms with Crippen molar-refractivity contribution in [2.24, 2.45) is 0 Å². The lowest BCUT2D eigenvalue weighted by Gasteiger charge is -2.18. The number of aliphatic hydroxyl groups is 3. The van der Waals surface area contributed by atoms with Crippen LogP contribution in [-0.2, 0) is 16.1 Å². The summed E-state index contributed by atoms with van der Waals surface area (Å²) < 4.78 is 15.8. The van der Waals surface area contributed by atoms with Gasteiger partial charge >= 0.3 is 17.5 Å². The van der Waals surface area contributed by atoms with Crippen molar-refractivity contribution < 1.29 is 38.9 Å².